The Kier molecular flexibility index (Phi) is 2.61. The first kappa shape index (κ1) is 9.47. The second-order valence-corrected chi connectivity index (χ2v) is 4.96. The molecule has 2 aliphatic heterocycles. The first-order chi connectivity index (χ1) is 6.24. The molecule has 0 saturated carbocycles. The molecule has 0 aromatic rings. The summed E-state index contributed by atoms with van der Waals surface area (Å²) < 4.78 is 0. The fraction of sp³-hybridized carbons (Fsp3) is 1.00. The van der Waals surface area contributed by atoms with Crippen molar-refractivity contribution in [1.82, 2.24) is 9.80 Å². The van der Waals surface area contributed by atoms with Gasteiger partial charge in [-0.1, -0.05) is 6.92 Å². The first-order valence-corrected chi connectivity index (χ1v) is 5.65. The molecule has 1 spiro atoms. The van der Waals surface area contributed by atoms with Gasteiger partial charge in [0.2, 0.25) is 0 Å². The lowest BCUT2D eigenvalue weighted by Crippen LogP contribution is -2.42. The van der Waals surface area contributed by atoms with E-state index in [-0.39, 0.29) is 0 Å². The quantitative estimate of drug-likeness (QED) is 0.605. The molecule has 2 nitrogen and oxygen atoms in total. The van der Waals surface area contributed by atoms with Crippen molar-refractivity contribution in [3.63, 3.8) is 0 Å². The molecule has 0 amide bonds. The fourth-order valence-electron chi connectivity index (χ4n) is 3.09. The van der Waals surface area contributed by atoms with Crippen LogP contribution in [0, 0.1) is 5.41 Å². The third-order valence-corrected chi connectivity index (χ3v) is 3.82. The SMILES string of the molecule is CCN1CCC2(CCCN(C)C2)C1. The molecule has 0 aromatic carbocycles. The number of hydrogen-bond donors (Lipinski definition) is 0. The molecule has 2 fully saturated rings. The summed E-state index contributed by atoms with van der Waals surface area (Å²) in [6, 6.07) is 0. The summed E-state index contributed by atoms with van der Waals surface area (Å²) in [5.41, 5.74) is 0.670. The number of hydrogen-bond acceptors (Lipinski definition) is 2. The van der Waals surface area contributed by atoms with Crippen LogP contribution in [-0.4, -0.2) is 49.6 Å². The van der Waals surface area contributed by atoms with E-state index < -0.39 is 0 Å². The van der Waals surface area contributed by atoms with Crippen LogP contribution in [0.25, 0.3) is 0 Å². The lowest BCUT2D eigenvalue weighted by molar-refractivity contribution is 0.114. The van der Waals surface area contributed by atoms with Crippen LogP contribution in [-0.2, 0) is 0 Å². The Morgan fingerprint density at radius 2 is 2.00 bits per heavy atom. The first-order valence-electron chi connectivity index (χ1n) is 5.65. The molecule has 1 atom stereocenters. The van der Waals surface area contributed by atoms with Crippen molar-refractivity contribution in [1.29, 1.82) is 0 Å². The van der Waals surface area contributed by atoms with Gasteiger partial charge in [-0.3, -0.25) is 0 Å². The number of rotatable bonds is 1. The third-order valence-electron chi connectivity index (χ3n) is 3.82. The maximum atomic E-state index is 2.61. The standard InChI is InChI=1S/C11H22N2/c1-3-13-8-6-11(10-13)5-4-7-12(2)9-11/h3-10H2,1-2H3. The Bertz CT molecular complexity index is 181. The Morgan fingerprint density at radius 1 is 1.15 bits per heavy atom. The lowest BCUT2D eigenvalue weighted by atomic mass is 9.79. The fourth-order valence-corrected chi connectivity index (χ4v) is 3.09. The zero-order valence-electron chi connectivity index (χ0n) is 9.05. The molecule has 2 heteroatoms. The van der Waals surface area contributed by atoms with Gasteiger partial charge in [0, 0.05) is 13.1 Å². The maximum Gasteiger partial charge on any atom is 0.00506 e. The van der Waals surface area contributed by atoms with Gasteiger partial charge < -0.3 is 9.80 Å². The number of likely N-dealkylation sites (tertiary alicyclic amines) is 2. The highest BCUT2D eigenvalue weighted by Crippen LogP contribution is 2.38. The van der Waals surface area contributed by atoms with Gasteiger partial charge in [-0.15, -0.1) is 0 Å². The second-order valence-electron chi connectivity index (χ2n) is 4.96. The Morgan fingerprint density at radius 3 is 2.62 bits per heavy atom. The van der Waals surface area contributed by atoms with Crippen molar-refractivity contribution < 1.29 is 0 Å². The highest BCUT2D eigenvalue weighted by molar-refractivity contribution is 4.93. The molecule has 76 valence electrons. The highest BCUT2D eigenvalue weighted by Gasteiger charge is 2.39. The molecule has 1 unspecified atom stereocenters. The predicted molar refractivity (Wildman–Crippen MR) is 55.9 cm³/mol. The molecule has 0 aromatic heterocycles. The molecular formula is C11H22N2. The Balaban J connectivity index is 1.97. The zero-order chi connectivity index (χ0) is 9.31. The van der Waals surface area contributed by atoms with Crippen LogP contribution in [0.15, 0.2) is 0 Å². The largest absolute Gasteiger partial charge is 0.306 e. The van der Waals surface area contributed by atoms with Gasteiger partial charge in [0.05, 0.1) is 0 Å². The van der Waals surface area contributed by atoms with Crippen LogP contribution in [0.4, 0.5) is 0 Å². The summed E-state index contributed by atoms with van der Waals surface area (Å²) >= 11 is 0. The number of nitrogens with zero attached hydrogens (tertiary/aromatic N) is 2. The van der Waals surface area contributed by atoms with E-state index in [0.717, 1.165) is 0 Å². The van der Waals surface area contributed by atoms with Crippen LogP contribution >= 0.6 is 0 Å². The van der Waals surface area contributed by atoms with E-state index in [0.29, 0.717) is 5.41 Å². The molecule has 0 bridgehead atoms. The van der Waals surface area contributed by atoms with E-state index in [1.807, 2.05) is 0 Å². The van der Waals surface area contributed by atoms with Gasteiger partial charge in [0.25, 0.3) is 0 Å². The van der Waals surface area contributed by atoms with Crippen LogP contribution in [0.1, 0.15) is 26.2 Å². The maximum absolute atomic E-state index is 2.61. The average molecular weight is 182 g/mol. The Hall–Kier alpha value is -0.0800. The molecule has 13 heavy (non-hydrogen) atoms. The van der Waals surface area contributed by atoms with Crippen molar-refractivity contribution in [2.75, 3.05) is 39.8 Å². The predicted octanol–water partition coefficient (Wildman–Crippen LogP) is 1.42. The minimum atomic E-state index is 0.670. The van der Waals surface area contributed by atoms with Gasteiger partial charge in [0.15, 0.2) is 0 Å². The van der Waals surface area contributed by atoms with Crippen LogP contribution in [0.5, 0.6) is 0 Å². The summed E-state index contributed by atoms with van der Waals surface area (Å²) in [5.74, 6) is 0. The molecule has 2 aliphatic rings. The molecule has 0 radical (unpaired) electrons. The highest BCUT2D eigenvalue weighted by atomic mass is 15.2. The smallest absolute Gasteiger partial charge is 0.00506 e. The van der Waals surface area contributed by atoms with E-state index in [1.165, 1.54) is 52.0 Å². The summed E-state index contributed by atoms with van der Waals surface area (Å²) in [4.78, 5) is 5.13. The van der Waals surface area contributed by atoms with E-state index in [4.69, 9.17) is 0 Å². The van der Waals surface area contributed by atoms with Crippen molar-refractivity contribution in [2.24, 2.45) is 5.41 Å². The third kappa shape index (κ3) is 1.89. The van der Waals surface area contributed by atoms with Crippen molar-refractivity contribution in [2.45, 2.75) is 26.2 Å². The van der Waals surface area contributed by atoms with E-state index in [2.05, 4.69) is 23.8 Å². The second kappa shape index (κ2) is 3.58. The molecular weight excluding hydrogens is 160 g/mol. The lowest BCUT2D eigenvalue weighted by Gasteiger charge is -2.38. The monoisotopic (exact) mass is 182 g/mol. The van der Waals surface area contributed by atoms with Crippen molar-refractivity contribution >= 4 is 0 Å². The Labute approximate surface area is 81.9 Å². The molecule has 0 aliphatic carbocycles. The van der Waals surface area contributed by atoms with Crippen LogP contribution in [0.3, 0.4) is 0 Å². The molecule has 0 N–H and O–H groups in total. The average Bonchev–Trinajstić information content (AvgIpc) is 2.48. The van der Waals surface area contributed by atoms with Crippen LogP contribution in [0.2, 0.25) is 0 Å². The minimum absolute atomic E-state index is 0.670. The van der Waals surface area contributed by atoms with Gasteiger partial charge in [0.1, 0.15) is 0 Å². The molecule has 2 rings (SSSR count). The summed E-state index contributed by atoms with van der Waals surface area (Å²) in [7, 11) is 2.27. The van der Waals surface area contributed by atoms with Gasteiger partial charge in [-0.2, -0.15) is 0 Å². The van der Waals surface area contributed by atoms with Crippen molar-refractivity contribution in [3.8, 4) is 0 Å². The number of piperidine rings is 1. The summed E-state index contributed by atoms with van der Waals surface area (Å²) in [5, 5.41) is 0. The molecule has 2 saturated heterocycles. The zero-order valence-corrected chi connectivity index (χ0v) is 9.05. The molecule has 2 heterocycles. The van der Waals surface area contributed by atoms with Crippen molar-refractivity contribution in [3.05, 3.63) is 0 Å². The van der Waals surface area contributed by atoms with E-state index in [9.17, 15) is 0 Å². The minimum Gasteiger partial charge on any atom is -0.306 e. The van der Waals surface area contributed by atoms with E-state index in [1.54, 1.807) is 0 Å². The van der Waals surface area contributed by atoms with E-state index >= 15 is 0 Å². The normalized spacial score (nSPS) is 37.4. The van der Waals surface area contributed by atoms with Gasteiger partial charge in [-0.25, -0.2) is 0 Å². The van der Waals surface area contributed by atoms with Gasteiger partial charge >= 0.3 is 0 Å². The van der Waals surface area contributed by atoms with Gasteiger partial charge in [-0.05, 0) is 51.4 Å². The summed E-state index contributed by atoms with van der Waals surface area (Å²) in [6.45, 7) is 8.87. The van der Waals surface area contributed by atoms with Crippen LogP contribution < -0.4 is 0 Å². The topological polar surface area (TPSA) is 6.48 Å². The summed E-state index contributed by atoms with van der Waals surface area (Å²) in [6.07, 6.45) is 4.31.